The van der Waals surface area contributed by atoms with Crippen LogP contribution in [0.25, 0.3) is 16.0 Å². The van der Waals surface area contributed by atoms with Gasteiger partial charge in [0, 0.05) is 5.56 Å². The van der Waals surface area contributed by atoms with Crippen molar-refractivity contribution >= 4 is 44.1 Å². The van der Waals surface area contributed by atoms with Crippen molar-refractivity contribution in [3.8, 4) is 17.2 Å². The van der Waals surface area contributed by atoms with E-state index >= 15 is 0 Å². The lowest BCUT2D eigenvalue weighted by molar-refractivity contribution is -0.132. The minimum Gasteiger partial charge on any atom is -0.507 e. The fraction of sp³-hybridized carbons (Fsp3) is 0.207. The second-order valence-corrected chi connectivity index (χ2v) is 9.59. The average Bonchev–Trinajstić information content (AvgIpc) is 3.47. The summed E-state index contributed by atoms with van der Waals surface area (Å²) in [4.78, 5) is 32.9. The molecule has 1 amide bonds. The zero-order chi connectivity index (χ0) is 27.7. The number of Topliss-reactive ketones (excluding diaryl/α,β-unsaturated/α-hetero) is 1. The summed E-state index contributed by atoms with van der Waals surface area (Å²) in [6, 6.07) is 14.4. The number of methoxy groups -OCH3 is 1. The van der Waals surface area contributed by atoms with E-state index < -0.39 is 29.3 Å². The van der Waals surface area contributed by atoms with Crippen molar-refractivity contribution in [1.29, 1.82) is 0 Å². The molecule has 0 spiro atoms. The topological polar surface area (TPSA) is 98.2 Å². The van der Waals surface area contributed by atoms with Gasteiger partial charge in [0.05, 0.1) is 42.2 Å². The number of amides is 1. The number of rotatable bonds is 8. The van der Waals surface area contributed by atoms with E-state index in [2.05, 4.69) is 4.98 Å². The van der Waals surface area contributed by atoms with Crippen LogP contribution >= 0.6 is 11.3 Å². The molecule has 1 fully saturated rings. The molecule has 1 N–H and O–H groups in total. The molecule has 1 atom stereocenters. The number of carbonyl (C=O) groups is 2. The average molecular weight is 549 g/mol. The Labute approximate surface area is 227 Å². The SMILES string of the molecule is CCOc1ccc(C2C(=C(O)c3ccc(F)cc3)C(=O)C(=O)N2c2nc3ccc(OC)cc3s2)cc1OCC. The van der Waals surface area contributed by atoms with E-state index in [1.165, 1.54) is 40.5 Å². The summed E-state index contributed by atoms with van der Waals surface area (Å²) in [5.74, 6) is -1.09. The summed E-state index contributed by atoms with van der Waals surface area (Å²) in [5.41, 5.74) is 1.18. The Morgan fingerprint density at radius 1 is 1.00 bits per heavy atom. The number of anilines is 1. The number of halogens is 1. The molecule has 1 saturated heterocycles. The van der Waals surface area contributed by atoms with Crippen LogP contribution in [0.3, 0.4) is 0 Å². The highest BCUT2D eigenvalue weighted by Gasteiger charge is 2.48. The standard InChI is InChI=1S/C29H25FN2O6S/c1-4-37-21-13-8-17(14-22(21)38-5-2)25-24(26(33)16-6-9-18(30)10-7-16)27(34)28(35)32(25)29-31-20-12-11-19(36-3)15-23(20)39-29/h6-15,25,33H,4-5H2,1-3H3. The van der Waals surface area contributed by atoms with Crippen molar-refractivity contribution in [1.82, 2.24) is 4.98 Å². The fourth-order valence-corrected chi connectivity index (χ4v) is 5.49. The molecule has 39 heavy (non-hydrogen) atoms. The summed E-state index contributed by atoms with van der Waals surface area (Å²) in [7, 11) is 1.55. The number of hydrogen-bond donors (Lipinski definition) is 1. The van der Waals surface area contributed by atoms with Gasteiger partial charge in [-0.1, -0.05) is 17.4 Å². The molecule has 1 unspecified atom stereocenters. The van der Waals surface area contributed by atoms with Crippen LogP contribution in [0.2, 0.25) is 0 Å². The van der Waals surface area contributed by atoms with E-state index in [0.29, 0.717) is 41.5 Å². The first-order valence-electron chi connectivity index (χ1n) is 12.3. The maximum absolute atomic E-state index is 13.6. The van der Waals surface area contributed by atoms with Gasteiger partial charge in [-0.05, 0) is 74.0 Å². The summed E-state index contributed by atoms with van der Waals surface area (Å²) >= 11 is 1.22. The molecule has 0 aliphatic carbocycles. The summed E-state index contributed by atoms with van der Waals surface area (Å²) < 4.78 is 31.1. The monoisotopic (exact) mass is 548 g/mol. The van der Waals surface area contributed by atoms with E-state index in [1.807, 2.05) is 13.8 Å². The van der Waals surface area contributed by atoms with E-state index in [0.717, 1.165) is 4.70 Å². The maximum Gasteiger partial charge on any atom is 0.301 e. The van der Waals surface area contributed by atoms with Crippen molar-refractivity contribution in [2.24, 2.45) is 0 Å². The van der Waals surface area contributed by atoms with Crippen LogP contribution in [0.4, 0.5) is 9.52 Å². The van der Waals surface area contributed by atoms with Crippen LogP contribution in [-0.2, 0) is 9.59 Å². The zero-order valence-electron chi connectivity index (χ0n) is 21.4. The fourth-order valence-electron chi connectivity index (χ4n) is 4.47. The van der Waals surface area contributed by atoms with Crippen LogP contribution in [0.5, 0.6) is 17.2 Å². The Kier molecular flexibility index (Phi) is 7.21. The Hall–Kier alpha value is -4.44. The Bertz CT molecular complexity index is 1600. The van der Waals surface area contributed by atoms with Gasteiger partial charge in [-0.25, -0.2) is 9.37 Å². The first kappa shape index (κ1) is 26.2. The molecule has 1 aliphatic heterocycles. The molecular weight excluding hydrogens is 523 g/mol. The molecule has 0 radical (unpaired) electrons. The molecule has 200 valence electrons. The predicted octanol–water partition coefficient (Wildman–Crippen LogP) is 5.87. The Morgan fingerprint density at radius 3 is 2.41 bits per heavy atom. The maximum atomic E-state index is 13.6. The zero-order valence-corrected chi connectivity index (χ0v) is 22.3. The molecule has 1 aromatic heterocycles. The second-order valence-electron chi connectivity index (χ2n) is 8.58. The van der Waals surface area contributed by atoms with Gasteiger partial charge < -0.3 is 19.3 Å². The number of aromatic nitrogens is 1. The van der Waals surface area contributed by atoms with Crippen molar-refractivity contribution in [3.05, 3.63) is 83.2 Å². The largest absolute Gasteiger partial charge is 0.507 e. The number of aliphatic hydroxyl groups excluding tert-OH is 1. The minimum atomic E-state index is -1.03. The Balaban J connectivity index is 1.72. The first-order valence-corrected chi connectivity index (χ1v) is 13.1. The van der Waals surface area contributed by atoms with E-state index in [9.17, 15) is 19.1 Å². The van der Waals surface area contributed by atoms with Gasteiger partial charge in [0.2, 0.25) is 0 Å². The van der Waals surface area contributed by atoms with Gasteiger partial charge in [-0.3, -0.25) is 14.5 Å². The summed E-state index contributed by atoms with van der Waals surface area (Å²) in [6.07, 6.45) is 0. The number of ketones is 1. The quantitative estimate of drug-likeness (QED) is 0.167. The molecule has 8 nitrogen and oxygen atoms in total. The summed E-state index contributed by atoms with van der Waals surface area (Å²) in [6.45, 7) is 4.46. The smallest absolute Gasteiger partial charge is 0.301 e. The lowest BCUT2D eigenvalue weighted by Gasteiger charge is -2.24. The van der Waals surface area contributed by atoms with Crippen LogP contribution in [-0.4, -0.2) is 42.1 Å². The van der Waals surface area contributed by atoms with E-state index in [1.54, 1.807) is 43.5 Å². The highest BCUT2D eigenvalue weighted by Crippen LogP contribution is 2.46. The highest BCUT2D eigenvalue weighted by molar-refractivity contribution is 7.22. The predicted molar refractivity (Wildman–Crippen MR) is 146 cm³/mol. The van der Waals surface area contributed by atoms with E-state index in [-0.39, 0.29) is 16.3 Å². The minimum absolute atomic E-state index is 0.143. The van der Waals surface area contributed by atoms with Crippen LogP contribution in [0.15, 0.2) is 66.2 Å². The molecule has 10 heteroatoms. The molecule has 5 rings (SSSR count). The van der Waals surface area contributed by atoms with Gasteiger partial charge in [0.15, 0.2) is 16.6 Å². The molecule has 4 aromatic rings. The van der Waals surface area contributed by atoms with Crippen LogP contribution in [0, 0.1) is 5.82 Å². The van der Waals surface area contributed by atoms with Crippen molar-refractivity contribution in [2.45, 2.75) is 19.9 Å². The normalized spacial score (nSPS) is 16.6. The van der Waals surface area contributed by atoms with E-state index in [4.69, 9.17) is 14.2 Å². The Morgan fingerprint density at radius 2 is 1.72 bits per heavy atom. The molecule has 0 saturated carbocycles. The van der Waals surface area contributed by atoms with Crippen molar-refractivity contribution in [2.75, 3.05) is 25.2 Å². The van der Waals surface area contributed by atoms with Gasteiger partial charge in [0.1, 0.15) is 17.3 Å². The number of thiazole rings is 1. The molecule has 3 aromatic carbocycles. The van der Waals surface area contributed by atoms with Gasteiger partial charge in [0.25, 0.3) is 5.78 Å². The first-order chi connectivity index (χ1) is 18.9. The van der Waals surface area contributed by atoms with Crippen LogP contribution < -0.4 is 19.1 Å². The molecule has 2 heterocycles. The lowest BCUT2D eigenvalue weighted by atomic mass is 9.95. The molecular formula is C29H25FN2O6S. The van der Waals surface area contributed by atoms with Gasteiger partial charge >= 0.3 is 5.91 Å². The van der Waals surface area contributed by atoms with Crippen molar-refractivity contribution < 1.29 is 33.3 Å². The van der Waals surface area contributed by atoms with Crippen LogP contribution in [0.1, 0.15) is 31.0 Å². The van der Waals surface area contributed by atoms with Gasteiger partial charge in [-0.2, -0.15) is 0 Å². The third-order valence-electron chi connectivity index (χ3n) is 6.24. The third kappa shape index (κ3) is 4.79. The summed E-state index contributed by atoms with van der Waals surface area (Å²) in [5, 5.41) is 11.6. The van der Waals surface area contributed by atoms with Gasteiger partial charge in [-0.15, -0.1) is 0 Å². The van der Waals surface area contributed by atoms with Crippen molar-refractivity contribution in [3.63, 3.8) is 0 Å². The lowest BCUT2D eigenvalue weighted by Crippen LogP contribution is -2.29. The highest BCUT2D eigenvalue weighted by atomic mass is 32.1. The molecule has 0 bridgehead atoms. The number of fused-ring (bicyclic) bond motifs is 1. The third-order valence-corrected chi connectivity index (χ3v) is 7.25. The second kappa shape index (κ2) is 10.7. The number of aliphatic hydroxyl groups is 1. The number of nitrogens with zero attached hydrogens (tertiary/aromatic N) is 2. The molecule has 1 aliphatic rings. The number of ether oxygens (including phenoxy) is 3. The number of carbonyl (C=O) groups excluding carboxylic acids is 2. The number of benzene rings is 3. The number of hydrogen-bond acceptors (Lipinski definition) is 8.